The third kappa shape index (κ3) is 3.22. The van der Waals surface area contributed by atoms with Crippen molar-refractivity contribution in [3.05, 3.63) is 35.0 Å². The van der Waals surface area contributed by atoms with Crippen LogP contribution < -0.4 is 0 Å². The van der Waals surface area contributed by atoms with Crippen molar-refractivity contribution in [3.8, 4) is 0 Å². The summed E-state index contributed by atoms with van der Waals surface area (Å²) in [4.78, 5) is 19.3. The van der Waals surface area contributed by atoms with Crippen LogP contribution in [-0.2, 0) is 16.0 Å². The normalized spacial score (nSPS) is 27.5. The average molecular weight is 348 g/mol. The minimum Gasteiger partial charge on any atom is -0.377 e. The van der Waals surface area contributed by atoms with Crippen molar-refractivity contribution in [2.24, 2.45) is 0 Å². The fraction of sp³-hybridized carbons (Fsp3) is 0.562. The summed E-state index contributed by atoms with van der Waals surface area (Å²) in [5.41, 5.74) is -0.408. The lowest BCUT2D eigenvalue weighted by Crippen LogP contribution is -2.46. The molecule has 4 heterocycles. The molecular formula is C16H20N4O3S. The molecule has 24 heavy (non-hydrogen) atoms. The summed E-state index contributed by atoms with van der Waals surface area (Å²) < 4.78 is 13.9. The van der Waals surface area contributed by atoms with E-state index >= 15 is 0 Å². The monoisotopic (exact) mass is 348 g/mol. The standard InChI is InChI=1S/C16H20N4O3S/c21-15(14-2-1-7-24-14)19-5-6-22-10-16(9-19)4-3-13(23-16)8-20-12-17-11-18-20/h1-2,7,11-13H,3-6,8-10H2. The van der Waals surface area contributed by atoms with Gasteiger partial charge in [0.15, 0.2) is 0 Å². The summed E-state index contributed by atoms with van der Waals surface area (Å²) in [6.07, 6.45) is 5.13. The lowest BCUT2D eigenvalue weighted by atomic mass is 10.00. The summed E-state index contributed by atoms with van der Waals surface area (Å²) in [6, 6.07) is 3.77. The van der Waals surface area contributed by atoms with Gasteiger partial charge < -0.3 is 14.4 Å². The Labute approximate surface area is 144 Å². The van der Waals surface area contributed by atoms with Gasteiger partial charge in [-0.05, 0) is 24.3 Å². The summed E-state index contributed by atoms with van der Waals surface area (Å²) in [7, 11) is 0. The molecule has 2 aromatic heterocycles. The van der Waals surface area contributed by atoms with E-state index in [0.717, 1.165) is 17.7 Å². The van der Waals surface area contributed by atoms with Crippen LogP contribution in [0.1, 0.15) is 22.5 Å². The van der Waals surface area contributed by atoms with Gasteiger partial charge in [0.1, 0.15) is 18.3 Å². The molecule has 2 unspecified atom stereocenters. The second-order valence-electron chi connectivity index (χ2n) is 6.34. The summed E-state index contributed by atoms with van der Waals surface area (Å²) in [5.74, 6) is 0.0678. The molecule has 2 fully saturated rings. The van der Waals surface area contributed by atoms with Gasteiger partial charge in [0, 0.05) is 6.54 Å². The summed E-state index contributed by atoms with van der Waals surface area (Å²) in [6.45, 7) is 2.96. The van der Waals surface area contributed by atoms with Gasteiger partial charge in [0.05, 0.1) is 37.3 Å². The van der Waals surface area contributed by atoms with Crippen molar-refractivity contribution >= 4 is 17.2 Å². The fourth-order valence-corrected chi connectivity index (χ4v) is 4.11. The molecule has 128 valence electrons. The van der Waals surface area contributed by atoms with E-state index in [-0.39, 0.29) is 12.0 Å². The molecule has 2 saturated heterocycles. The topological polar surface area (TPSA) is 69.5 Å². The molecule has 8 heteroatoms. The Morgan fingerprint density at radius 1 is 1.50 bits per heavy atom. The Morgan fingerprint density at radius 2 is 2.46 bits per heavy atom. The van der Waals surface area contributed by atoms with E-state index in [1.165, 1.54) is 17.7 Å². The maximum atomic E-state index is 12.7. The lowest BCUT2D eigenvalue weighted by molar-refractivity contribution is -0.0881. The van der Waals surface area contributed by atoms with Crippen LogP contribution in [0, 0.1) is 0 Å². The molecule has 2 atom stereocenters. The van der Waals surface area contributed by atoms with Gasteiger partial charge in [0.25, 0.3) is 5.91 Å². The van der Waals surface area contributed by atoms with Crippen LogP contribution in [0.2, 0.25) is 0 Å². The number of ether oxygens (including phenoxy) is 2. The minimum absolute atomic E-state index is 0.0678. The maximum Gasteiger partial charge on any atom is 0.264 e. The molecule has 2 aliphatic rings. The number of hydrogen-bond acceptors (Lipinski definition) is 6. The quantitative estimate of drug-likeness (QED) is 0.839. The number of aromatic nitrogens is 3. The van der Waals surface area contributed by atoms with Crippen LogP contribution in [0.15, 0.2) is 30.2 Å². The highest BCUT2D eigenvalue weighted by molar-refractivity contribution is 7.12. The zero-order valence-corrected chi connectivity index (χ0v) is 14.2. The molecule has 1 amide bonds. The first-order valence-electron chi connectivity index (χ1n) is 8.15. The van der Waals surface area contributed by atoms with Gasteiger partial charge in [-0.3, -0.25) is 9.48 Å². The van der Waals surface area contributed by atoms with Crippen molar-refractivity contribution in [1.29, 1.82) is 0 Å². The number of amides is 1. The molecule has 1 spiro atoms. The second-order valence-corrected chi connectivity index (χ2v) is 7.28. The maximum absolute atomic E-state index is 12.7. The van der Waals surface area contributed by atoms with Crippen molar-refractivity contribution in [2.75, 3.05) is 26.3 Å². The van der Waals surface area contributed by atoms with Gasteiger partial charge >= 0.3 is 0 Å². The second kappa shape index (κ2) is 6.62. The molecular weight excluding hydrogens is 328 g/mol. The first-order chi connectivity index (χ1) is 11.7. The SMILES string of the molecule is O=C(c1cccs1)N1CCOCC2(CCC(Cn3cncn3)O2)C1. The largest absolute Gasteiger partial charge is 0.377 e. The molecule has 2 aromatic rings. The van der Waals surface area contributed by atoms with Gasteiger partial charge in [0.2, 0.25) is 0 Å². The van der Waals surface area contributed by atoms with E-state index in [2.05, 4.69) is 10.1 Å². The fourth-order valence-electron chi connectivity index (χ4n) is 3.42. The predicted molar refractivity (Wildman–Crippen MR) is 87.9 cm³/mol. The van der Waals surface area contributed by atoms with Crippen LogP contribution in [-0.4, -0.2) is 63.6 Å². The van der Waals surface area contributed by atoms with Crippen LogP contribution >= 0.6 is 11.3 Å². The molecule has 0 saturated carbocycles. The van der Waals surface area contributed by atoms with Crippen LogP contribution in [0.5, 0.6) is 0 Å². The smallest absolute Gasteiger partial charge is 0.264 e. The highest BCUT2D eigenvalue weighted by atomic mass is 32.1. The van der Waals surface area contributed by atoms with E-state index in [1.807, 2.05) is 22.4 Å². The van der Waals surface area contributed by atoms with E-state index in [0.29, 0.717) is 32.8 Å². The number of carbonyl (C=O) groups is 1. The first kappa shape index (κ1) is 15.7. The Morgan fingerprint density at radius 3 is 3.25 bits per heavy atom. The molecule has 7 nitrogen and oxygen atoms in total. The third-order valence-electron chi connectivity index (χ3n) is 4.56. The zero-order chi connectivity index (χ0) is 16.4. The van der Waals surface area contributed by atoms with Gasteiger partial charge in [-0.25, -0.2) is 4.98 Å². The van der Waals surface area contributed by atoms with Crippen molar-refractivity contribution < 1.29 is 14.3 Å². The van der Waals surface area contributed by atoms with Crippen LogP contribution in [0.3, 0.4) is 0 Å². The lowest BCUT2D eigenvalue weighted by Gasteiger charge is -2.31. The number of rotatable bonds is 3. The van der Waals surface area contributed by atoms with E-state index in [1.54, 1.807) is 11.0 Å². The van der Waals surface area contributed by atoms with Crippen molar-refractivity contribution in [1.82, 2.24) is 19.7 Å². The summed E-state index contributed by atoms with van der Waals surface area (Å²) in [5, 5.41) is 6.07. The molecule has 0 N–H and O–H groups in total. The van der Waals surface area contributed by atoms with Gasteiger partial charge in [-0.1, -0.05) is 6.07 Å². The molecule has 0 bridgehead atoms. The molecule has 0 aromatic carbocycles. The molecule has 0 radical (unpaired) electrons. The number of hydrogen-bond donors (Lipinski definition) is 0. The average Bonchev–Trinajstić information content (AvgIpc) is 3.30. The van der Waals surface area contributed by atoms with Crippen molar-refractivity contribution in [3.63, 3.8) is 0 Å². The van der Waals surface area contributed by atoms with Gasteiger partial charge in [-0.2, -0.15) is 5.10 Å². The number of thiophene rings is 1. The first-order valence-corrected chi connectivity index (χ1v) is 9.03. The van der Waals surface area contributed by atoms with E-state index < -0.39 is 5.60 Å². The Bertz CT molecular complexity index is 676. The summed E-state index contributed by atoms with van der Waals surface area (Å²) >= 11 is 1.47. The van der Waals surface area contributed by atoms with Crippen LogP contribution in [0.25, 0.3) is 0 Å². The van der Waals surface area contributed by atoms with E-state index in [9.17, 15) is 4.79 Å². The molecule has 2 aliphatic heterocycles. The highest BCUT2D eigenvalue weighted by Gasteiger charge is 2.44. The van der Waals surface area contributed by atoms with Crippen molar-refractivity contribution in [2.45, 2.75) is 31.1 Å². The highest BCUT2D eigenvalue weighted by Crippen LogP contribution is 2.34. The number of carbonyl (C=O) groups excluding carboxylic acids is 1. The predicted octanol–water partition coefficient (Wildman–Crippen LogP) is 1.43. The van der Waals surface area contributed by atoms with Gasteiger partial charge in [-0.15, -0.1) is 11.3 Å². The zero-order valence-electron chi connectivity index (χ0n) is 13.3. The Hall–Kier alpha value is -1.77. The van der Waals surface area contributed by atoms with E-state index in [4.69, 9.17) is 9.47 Å². The minimum atomic E-state index is -0.408. The van der Waals surface area contributed by atoms with Crippen LogP contribution in [0.4, 0.5) is 0 Å². The number of nitrogens with zero attached hydrogens (tertiary/aromatic N) is 4. The third-order valence-corrected chi connectivity index (χ3v) is 5.42. The molecule has 0 aliphatic carbocycles. The molecule has 4 rings (SSSR count). The Kier molecular flexibility index (Phi) is 4.34. The Balaban J connectivity index is 1.45.